The van der Waals surface area contributed by atoms with Gasteiger partial charge in [0.1, 0.15) is 6.04 Å². The summed E-state index contributed by atoms with van der Waals surface area (Å²) >= 11 is 0. The van der Waals surface area contributed by atoms with Crippen molar-refractivity contribution < 1.29 is 9.32 Å². The van der Waals surface area contributed by atoms with E-state index < -0.39 is 0 Å². The SMILES string of the molecule is CCC(C(=O)NCc1noc(-c2ccccc2)n1)n1cnc2ccccc21. The van der Waals surface area contributed by atoms with Crippen LogP contribution in [0.15, 0.2) is 65.4 Å². The Kier molecular flexibility index (Phi) is 4.65. The molecule has 1 N–H and O–H groups in total. The zero-order valence-electron chi connectivity index (χ0n) is 14.9. The van der Waals surface area contributed by atoms with E-state index in [9.17, 15) is 4.79 Å². The molecule has 0 radical (unpaired) electrons. The summed E-state index contributed by atoms with van der Waals surface area (Å²) in [6.07, 6.45) is 2.36. The molecule has 0 aliphatic heterocycles. The summed E-state index contributed by atoms with van der Waals surface area (Å²) in [5.41, 5.74) is 2.65. The van der Waals surface area contributed by atoms with Gasteiger partial charge in [0.15, 0.2) is 5.82 Å². The van der Waals surface area contributed by atoms with E-state index >= 15 is 0 Å². The van der Waals surface area contributed by atoms with Crippen LogP contribution < -0.4 is 5.32 Å². The van der Waals surface area contributed by atoms with Crippen LogP contribution in [0.5, 0.6) is 0 Å². The van der Waals surface area contributed by atoms with Crippen molar-refractivity contribution in [3.63, 3.8) is 0 Å². The van der Waals surface area contributed by atoms with E-state index in [1.165, 1.54) is 0 Å². The number of para-hydroxylation sites is 2. The summed E-state index contributed by atoms with van der Waals surface area (Å²) in [4.78, 5) is 21.4. The fourth-order valence-corrected chi connectivity index (χ4v) is 3.04. The van der Waals surface area contributed by atoms with E-state index in [1.807, 2.05) is 66.1 Å². The minimum absolute atomic E-state index is 0.105. The molecule has 27 heavy (non-hydrogen) atoms. The lowest BCUT2D eigenvalue weighted by Crippen LogP contribution is -2.32. The zero-order valence-corrected chi connectivity index (χ0v) is 14.9. The smallest absolute Gasteiger partial charge is 0.257 e. The Morgan fingerprint density at radius 2 is 1.93 bits per heavy atom. The monoisotopic (exact) mass is 361 g/mol. The first-order valence-corrected chi connectivity index (χ1v) is 8.83. The number of amides is 1. The number of hydrogen-bond acceptors (Lipinski definition) is 5. The van der Waals surface area contributed by atoms with Crippen LogP contribution in [0, 0.1) is 0 Å². The van der Waals surface area contributed by atoms with Crippen LogP contribution in [0.2, 0.25) is 0 Å². The van der Waals surface area contributed by atoms with Crippen molar-refractivity contribution in [3.05, 3.63) is 66.7 Å². The number of carbonyl (C=O) groups excluding carboxylic acids is 1. The average molecular weight is 361 g/mol. The maximum atomic E-state index is 12.7. The third-order valence-electron chi connectivity index (χ3n) is 4.42. The molecular formula is C20H19N5O2. The van der Waals surface area contributed by atoms with Gasteiger partial charge < -0.3 is 14.4 Å². The second kappa shape index (κ2) is 7.41. The minimum atomic E-state index is -0.349. The second-order valence-corrected chi connectivity index (χ2v) is 6.16. The Labute approximate surface area is 156 Å². The molecule has 4 aromatic rings. The number of nitrogens with one attached hydrogen (secondary N) is 1. The molecule has 7 heteroatoms. The second-order valence-electron chi connectivity index (χ2n) is 6.16. The first-order chi connectivity index (χ1) is 13.3. The standard InChI is InChI=1S/C20H19N5O2/c1-2-16(25-13-22-15-10-6-7-11-17(15)25)19(26)21-12-18-23-20(27-24-18)14-8-4-3-5-9-14/h3-11,13,16H,2,12H2,1H3,(H,21,26). The Hall–Kier alpha value is -3.48. The van der Waals surface area contributed by atoms with E-state index in [0.29, 0.717) is 18.1 Å². The van der Waals surface area contributed by atoms with Crippen LogP contribution in [0.25, 0.3) is 22.5 Å². The predicted octanol–water partition coefficient (Wildman–Crippen LogP) is 3.35. The Morgan fingerprint density at radius 1 is 1.15 bits per heavy atom. The molecule has 1 amide bonds. The highest BCUT2D eigenvalue weighted by Gasteiger charge is 2.20. The van der Waals surface area contributed by atoms with Crippen molar-refractivity contribution in [1.29, 1.82) is 0 Å². The molecule has 2 heterocycles. The first-order valence-electron chi connectivity index (χ1n) is 8.83. The Morgan fingerprint density at radius 3 is 2.74 bits per heavy atom. The summed E-state index contributed by atoms with van der Waals surface area (Å²) in [6, 6.07) is 16.9. The molecule has 0 saturated heterocycles. The summed E-state index contributed by atoms with van der Waals surface area (Å²) < 4.78 is 7.17. The number of hydrogen-bond donors (Lipinski definition) is 1. The van der Waals surface area contributed by atoms with Crippen LogP contribution in [0.4, 0.5) is 0 Å². The van der Waals surface area contributed by atoms with Crippen LogP contribution in [0.3, 0.4) is 0 Å². The van der Waals surface area contributed by atoms with E-state index in [1.54, 1.807) is 6.33 Å². The van der Waals surface area contributed by atoms with Crippen LogP contribution in [-0.4, -0.2) is 25.6 Å². The summed E-state index contributed by atoms with van der Waals surface area (Å²) in [7, 11) is 0. The van der Waals surface area contributed by atoms with Gasteiger partial charge in [-0.25, -0.2) is 4.98 Å². The van der Waals surface area contributed by atoms with Gasteiger partial charge in [0.2, 0.25) is 5.91 Å². The molecule has 2 aromatic heterocycles. The normalized spacial score (nSPS) is 12.2. The lowest BCUT2D eigenvalue weighted by molar-refractivity contribution is -0.124. The fourth-order valence-electron chi connectivity index (χ4n) is 3.04. The topological polar surface area (TPSA) is 85.8 Å². The maximum absolute atomic E-state index is 12.7. The molecular weight excluding hydrogens is 342 g/mol. The highest BCUT2D eigenvalue weighted by Crippen LogP contribution is 2.20. The van der Waals surface area contributed by atoms with Crippen molar-refractivity contribution in [2.24, 2.45) is 0 Å². The molecule has 1 atom stereocenters. The van der Waals surface area contributed by atoms with Gasteiger partial charge in [-0.1, -0.05) is 42.4 Å². The summed E-state index contributed by atoms with van der Waals surface area (Å²) in [5.74, 6) is 0.770. The highest BCUT2D eigenvalue weighted by molar-refractivity contribution is 5.83. The predicted molar refractivity (Wildman–Crippen MR) is 101 cm³/mol. The van der Waals surface area contributed by atoms with Crippen molar-refractivity contribution in [3.8, 4) is 11.5 Å². The molecule has 0 saturated carbocycles. The van der Waals surface area contributed by atoms with Crippen molar-refractivity contribution in [2.45, 2.75) is 25.9 Å². The van der Waals surface area contributed by atoms with Gasteiger partial charge >= 0.3 is 0 Å². The van der Waals surface area contributed by atoms with Crippen molar-refractivity contribution in [2.75, 3.05) is 0 Å². The first kappa shape index (κ1) is 17.0. The quantitative estimate of drug-likeness (QED) is 0.569. The van der Waals surface area contributed by atoms with Crippen molar-refractivity contribution >= 4 is 16.9 Å². The fraction of sp³-hybridized carbons (Fsp3) is 0.200. The average Bonchev–Trinajstić information content (AvgIpc) is 3.35. The summed E-state index contributed by atoms with van der Waals surface area (Å²) in [5, 5.41) is 6.84. The lowest BCUT2D eigenvalue weighted by atomic mass is 10.2. The van der Waals surface area contributed by atoms with Gasteiger partial charge in [-0.2, -0.15) is 4.98 Å². The van der Waals surface area contributed by atoms with Gasteiger partial charge in [-0.05, 0) is 30.7 Å². The third kappa shape index (κ3) is 3.44. The molecule has 2 aromatic carbocycles. The molecule has 4 rings (SSSR count). The third-order valence-corrected chi connectivity index (χ3v) is 4.42. The molecule has 0 spiro atoms. The number of benzene rings is 2. The van der Waals surface area contributed by atoms with E-state index in [2.05, 4.69) is 20.4 Å². The van der Waals surface area contributed by atoms with Crippen LogP contribution in [-0.2, 0) is 11.3 Å². The lowest BCUT2D eigenvalue weighted by Gasteiger charge is -2.16. The van der Waals surface area contributed by atoms with E-state index in [-0.39, 0.29) is 18.5 Å². The number of carbonyl (C=O) groups is 1. The molecule has 0 aliphatic rings. The molecule has 0 aliphatic carbocycles. The van der Waals surface area contributed by atoms with Gasteiger partial charge in [0.05, 0.1) is 23.9 Å². The largest absolute Gasteiger partial charge is 0.347 e. The number of aromatic nitrogens is 4. The number of nitrogens with zero attached hydrogens (tertiary/aromatic N) is 4. The highest BCUT2D eigenvalue weighted by atomic mass is 16.5. The Bertz CT molecular complexity index is 1050. The van der Waals surface area contributed by atoms with Gasteiger partial charge in [0.25, 0.3) is 5.89 Å². The molecule has 1 unspecified atom stereocenters. The number of fused-ring (bicyclic) bond motifs is 1. The van der Waals surface area contributed by atoms with Crippen molar-refractivity contribution in [1.82, 2.24) is 25.0 Å². The molecule has 136 valence electrons. The van der Waals surface area contributed by atoms with Crippen LogP contribution >= 0.6 is 0 Å². The van der Waals surface area contributed by atoms with E-state index in [0.717, 1.165) is 16.6 Å². The van der Waals surface area contributed by atoms with Crippen LogP contribution in [0.1, 0.15) is 25.2 Å². The molecule has 0 fully saturated rings. The maximum Gasteiger partial charge on any atom is 0.257 e. The zero-order chi connectivity index (χ0) is 18.6. The van der Waals surface area contributed by atoms with Gasteiger partial charge in [-0.3, -0.25) is 4.79 Å². The van der Waals surface area contributed by atoms with Gasteiger partial charge in [-0.15, -0.1) is 0 Å². The summed E-state index contributed by atoms with van der Waals surface area (Å²) in [6.45, 7) is 2.18. The molecule has 7 nitrogen and oxygen atoms in total. The molecule has 0 bridgehead atoms. The Balaban J connectivity index is 1.46. The number of rotatable bonds is 6. The number of imidazole rings is 1. The van der Waals surface area contributed by atoms with Gasteiger partial charge in [0, 0.05) is 5.56 Å². The minimum Gasteiger partial charge on any atom is -0.347 e. The van der Waals surface area contributed by atoms with E-state index in [4.69, 9.17) is 4.52 Å².